The van der Waals surface area contributed by atoms with E-state index in [0.29, 0.717) is 8.81 Å². The van der Waals surface area contributed by atoms with Crippen LogP contribution in [-0.4, -0.2) is 20.5 Å². The summed E-state index contributed by atoms with van der Waals surface area (Å²) >= 11 is 10.2. The largest absolute Gasteiger partial charge is 0.324 e. The topological polar surface area (TPSA) is 72.2 Å². The van der Waals surface area contributed by atoms with Crippen molar-refractivity contribution in [3.63, 3.8) is 0 Å². The Bertz CT molecular complexity index is 534. The summed E-state index contributed by atoms with van der Waals surface area (Å²) in [4.78, 5) is 0. The van der Waals surface area contributed by atoms with Crippen molar-refractivity contribution in [2.24, 2.45) is 5.73 Å². The molecule has 108 valence electrons. The summed E-state index contributed by atoms with van der Waals surface area (Å²) in [5, 5.41) is 0.408. The maximum atomic E-state index is 12.1. The zero-order valence-corrected chi connectivity index (χ0v) is 14.3. The van der Waals surface area contributed by atoms with Crippen LogP contribution in [0.1, 0.15) is 32.1 Å². The number of sulfonamides is 1. The minimum absolute atomic E-state index is 0.212. The molecule has 1 aromatic heterocycles. The SMILES string of the molecule is NC1(CNS(=O)(=O)c2cc(Cl)c(Br)s2)CCCCC1. The summed E-state index contributed by atoms with van der Waals surface area (Å²) in [6.07, 6.45) is 5.04. The first kappa shape index (κ1) is 15.7. The number of nitrogens with one attached hydrogen (secondary N) is 1. The van der Waals surface area contributed by atoms with E-state index >= 15 is 0 Å². The third kappa shape index (κ3) is 3.92. The molecule has 0 aromatic carbocycles. The second-order valence-electron chi connectivity index (χ2n) is 4.93. The lowest BCUT2D eigenvalue weighted by atomic mass is 9.83. The highest BCUT2D eigenvalue weighted by Gasteiger charge is 2.30. The van der Waals surface area contributed by atoms with Gasteiger partial charge in [0.2, 0.25) is 10.0 Å². The molecule has 1 saturated carbocycles. The van der Waals surface area contributed by atoms with Crippen LogP contribution < -0.4 is 10.5 Å². The van der Waals surface area contributed by atoms with E-state index in [4.69, 9.17) is 17.3 Å². The second kappa shape index (κ2) is 5.99. The van der Waals surface area contributed by atoms with Crippen molar-refractivity contribution >= 4 is 48.9 Å². The van der Waals surface area contributed by atoms with Gasteiger partial charge in [0, 0.05) is 12.1 Å². The van der Waals surface area contributed by atoms with Gasteiger partial charge in [-0.15, -0.1) is 11.3 Å². The maximum Gasteiger partial charge on any atom is 0.250 e. The van der Waals surface area contributed by atoms with Gasteiger partial charge in [-0.25, -0.2) is 13.1 Å². The van der Waals surface area contributed by atoms with Gasteiger partial charge < -0.3 is 5.73 Å². The van der Waals surface area contributed by atoms with Crippen molar-refractivity contribution in [2.45, 2.75) is 41.9 Å². The summed E-state index contributed by atoms with van der Waals surface area (Å²) in [6.45, 7) is 0.280. The average Bonchev–Trinajstić information content (AvgIpc) is 2.69. The second-order valence-corrected chi connectivity index (χ2v) is 9.71. The Balaban J connectivity index is 2.05. The minimum atomic E-state index is -3.53. The van der Waals surface area contributed by atoms with Gasteiger partial charge in [-0.2, -0.15) is 0 Å². The summed E-state index contributed by atoms with van der Waals surface area (Å²) in [5.74, 6) is 0. The number of halogens is 2. The van der Waals surface area contributed by atoms with Gasteiger partial charge >= 0.3 is 0 Å². The number of hydrogen-bond donors (Lipinski definition) is 2. The Labute approximate surface area is 130 Å². The number of nitrogens with two attached hydrogens (primary N) is 1. The van der Waals surface area contributed by atoms with E-state index < -0.39 is 15.6 Å². The van der Waals surface area contributed by atoms with Crippen molar-refractivity contribution in [1.29, 1.82) is 0 Å². The summed E-state index contributed by atoms with van der Waals surface area (Å²) in [5.41, 5.74) is 5.81. The van der Waals surface area contributed by atoms with E-state index in [9.17, 15) is 8.42 Å². The van der Waals surface area contributed by atoms with Crippen LogP contribution in [0.5, 0.6) is 0 Å². The van der Waals surface area contributed by atoms with E-state index in [1.54, 1.807) is 0 Å². The molecule has 0 spiro atoms. The normalized spacial score (nSPS) is 19.5. The van der Waals surface area contributed by atoms with Gasteiger partial charge in [0.1, 0.15) is 4.21 Å². The monoisotopic (exact) mass is 386 g/mol. The summed E-state index contributed by atoms with van der Waals surface area (Å²) < 4.78 is 27.7. The first-order valence-electron chi connectivity index (χ1n) is 6.06. The van der Waals surface area contributed by atoms with E-state index in [2.05, 4.69) is 20.7 Å². The first-order chi connectivity index (χ1) is 8.82. The van der Waals surface area contributed by atoms with Crippen LogP contribution in [0.4, 0.5) is 0 Å². The highest BCUT2D eigenvalue weighted by atomic mass is 79.9. The maximum absolute atomic E-state index is 12.1. The van der Waals surface area contributed by atoms with Crippen molar-refractivity contribution in [3.8, 4) is 0 Å². The Hall–Kier alpha value is 0.340. The van der Waals surface area contributed by atoms with Crippen LogP contribution in [0.2, 0.25) is 5.02 Å². The Kier molecular flexibility index (Phi) is 4.96. The lowest BCUT2D eigenvalue weighted by Crippen LogP contribution is -2.51. The molecule has 0 unspecified atom stereocenters. The van der Waals surface area contributed by atoms with Crippen LogP contribution in [-0.2, 0) is 10.0 Å². The smallest absolute Gasteiger partial charge is 0.250 e. The predicted molar refractivity (Wildman–Crippen MR) is 82.2 cm³/mol. The minimum Gasteiger partial charge on any atom is -0.324 e. The number of hydrogen-bond acceptors (Lipinski definition) is 4. The van der Waals surface area contributed by atoms with Crippen LogP contribution >= 0.6 is 38.9 Å². The fraction of sp³-hybridized carbons (Fsp3) is 0.636. The molecule has 0 saturated heterocycles. The van der Waals surface area contributed by atoms with Crippen molar-refractivity contribution in [3.05, 3.63) is 14.9 Å². The molecule has 1 fully saturated rings. The van der Waals surface area contributed by atoms with Gasteiger partial charge in [-0.1, -0.05) is 30.9 Å². The Morgan fingerprint density at radius 3 is 2.58 bits per heavy atom. The molecule has 8 heteroatoms. The van der Waals surface area contributed by atoms with Gasteiger partial charge in [0.25, 0.3) is 0 Å². The van der Waals surface area contributed by atoms with E-state index in [0.717, 1.165) is 37.0 Å². The van der Waals surface area contributed by atoms with Crippen LogP contribution in [0.15, 0.2) is 14.1 Å². The quantitative estimate of drug-likeness (QED) is 0.834. The lowest BCUT2D eigenvalue weighted by Gasteiger charge is -2.33. The molecule has 4 nitrogen and oxygen atoms in total. The van der Waals surface area contributed by atoms with E-state index in [1.807, 2.05) is 0 Å². The third-order valence-corrected chi connectivity index (χ3v) is 7.70. The molecule has 1 aromatic rings. The summed E-state index contributed by atoms with van der Waals surface area (Å²) in [7, 11) is -3.53. The fourth-order valence-corrected chi connectivity index (χ4v) is 5.78. The molecule has 0 atom stereocenters. The summed E-state index contributed by atoms with van der Waals surface area (Å²) in [6, 6.07) is 1.45. The number of rotatable bonds is 4. The van der Waals surface area contributed by atoms with Gasteiger partial charge in [0.15, 0.2) is 0 Å². The lowest BCUT2D eigenvalue weighted by molar-refractivity contribution is 0.296. The molecular weight excluding hydrogens is 372 g/mol. The highest BCUT2D eigenvalue weighted by Crippen LogP contribution is 2.34. The molecule has 0 radical (unpaired) electrons. The molecule has 1 aliphatic rings. The zero-order valence-electron chi connectivity index (χ0n) is 10.3. The standard InChI is InChI=1S/C11H16BrClN2O2S2/c12-10-8(13)6-9(18-10)19(16,17)15-7-11(14)4-2-1-3-5-11/h6,15H,1-5,7,14H2. The van der Waals surface area contributed by atoms with Crippen LogP contribution in [0.3, 0.4) is 0 Å². The van der Waals surface area contributed by atoms with Crippen LogP contribution in [0.25, 0.3) is 0 Å². The van der Waals surface area contributed by atoms with E-state index in [-0.39, 0.29) is 10.8 Å². The fourth-order valence-electron chi connectivity index (χ4n) is 2.20. The van der Waals surface area contributed by atoms with Crippen molar-refractivity contribution in [1.82, 2.24) is 4.72 Å². The molecular formula is C11H16BrClN2O2S2. The molecule has 1 aliphatic carbocycles. The first-order valence-corrected chi connectivity index (χ1v) is 9.53. The predicted octanol–water partition coefficient (Wildman–Crippen LogP) is 3.10. The molecule has 3 N–H and O–H groups in total. The van der Waals surface area contributed by atoms with Gasteiger partial charge in [-0.3, -0.25) is 0 Å². The Morgan fingerprint density at radius 2 is 2.05 bits per heavy atom. The Morgan fingerprint density at radius 1 is 1.42 bits per heavy atom. The molecule has 0 aliphatic heterocycles. The molecule has 2 rings (SSSR count). The molecule has 1 heterocycles. The highest BCUT2D eigenvalue weighted by molar-refractivity contribution is 9.11. The van der Waals surface area contributed by atoms with Crippen LogP contribution in [0, 0.1) is 0 Å². The van der Waals surface area contributed by atoms with Gasteiger partial charge in [0.05, 0.1) is 8.81 Å². The molecule has 19 heavy (non-hydrogen) atoms. The van der Waals surface area contributed by atoms with E-state index in [1.165, 1.54) is 12.5 Å². The van der Waals surface area contributed by atoms with Gasteiger partial charge in [-0.05, 0) is 34.8 Å². The molecule has 0 amide bonds. The van der Waals surface area contributed by atoms with Crippen molar-refractivity contribution in [2.75, 3.05) is 6.54 Å². The third-order valence-electron chi connectivity index (χ3n) is 3.35. The average molecular weight is 388 g/mol. The molecule has 0 bridgehead atoms. The van der Waals surface area contributed by atoms with Crippen molar-refractivity contribution < 1.29 is 8.42 Å². The zero-order chi connectivity index (χ0) is 14.1. The number of thiophene rings is 1.